The molecule has 0 radical (unpaired) electrons. The number of allylic oxidation sites excluding steroid dienone is 3. The molecule has 1 aliphatic heterocycles. The Morgan fingerprint density at radius 1 is 1.21 bits per heavy atom. The molecular weight excluding hydrogens is 469 g/mol. The Bertz CT molecular complexity index is 1260. The third kappa shape index (κ3) is 5.10. The highest BCUT2D eigenvalue weighted by atomic mass is 35.5. The van der Waals surface area contributed by atoms with E-state index in [0.29, 0.717) is 11.6 Å². The Morgan fingerprint density at radius 2 is 2.09 bits per heavy atom. The summed E-state index contributed by atoms with van der Waals surface area (Å²) in [4.78, 5) is 16.7. The van der Waals surface area contributed by atoms with E-state index in [2.05, 4.69) is 35.1 Å². The number of aromatic nitrogens is 3. The predicted molar refractivity (Wildman–Crippen MR) is 138 cm³/mol. The molecule has 0 spiro atoms. The predicted octanol–water partition coefficient (Wildman–Crippen LogP) is 5.68. The number of fused-ring (bicyclic) bond motifs is 1. The second-order valence-corrected chi connectivity index (χ2v) is 9.79. The van der Waals surface area contributed by atoms with Crippen LogP contribution in [0.15, 0.2) is 60.5 Å². The first-order valence-electron chi connectivity index (χ1n) is 11.5. The van der Waals surface area contributed by atoms with Crippen LogP contribution in [0.25, 0.3) is 22.2 Å². The summed E-state index contributed by atoms with van der Waals surface area (Å²) in [5.74, 6) is 1.77. The SMILES string of the molecule is CC1C=C(Nc2nc(CN3CCO[C@H](C)C3)nc3cc(-c4ncccc4Cl)ccc23)C=CC1Cl. The zero-order valence-electron chi connectivity index (χ0n) is 19.2. The first-order chi connectivity index (χ1) is 16.5. The van der Waals surface area contributed by atoms with E-state index in [9.17, 15) is 0 Å². The van der Waals surface area contributed by atoms with Crippen LogP contribution in [0.1, 0.15) is 19.7 Å². The lowest BCUT2D eigenvalue weighted by atomic mass is 10.0. The monoisotopic (exact) mass is 495 g/mol. The number of ether oxygens (including phenoxy) is 1. The van der Waals surface area contributed by atoms with E-state index in [1.807, 2.05) is 42.5 Å². The molecule has 1 aliphatic carbocycles. The molecule has 5 rings (SSSR count). The molecule has 3 atom stereocenters. The summed E-state index contributed by atoms with van der Waals surface area (Å²) in [6, 6.07) is 9.75. The van der Waals surface area contributed by atoms with Gasteiger partial charge in [-0.15, -0.1) is 11.6 Å². The van der Waals surface area contributed by atoms with Gasteiger partial charge in [0.1, 0.15) is 11.6 Å². The van der Waals surface area contributed by atoms with Gasteiger partial charge < -0.3 is 10.1 Å². The second-order valence-electron chi connectivity index (χ2n) is 8.88. The van der Waals surface area contributed by atoms with Crippen LogP contribution in [-0.4, -0.2) is 51.0 Å². The number of pyridine rings is 1. The minimum absolute atomic E-state index is 0.00255. The number of alkyl halides is 1. The molecule has 2 aromatic heterocycles. The Kier molecular flexibility index (Phi) is 6.84. The fourth-order valence-electron chi connectivity index (χ4n) is 4.34. The number of benzene rings is 1. The van der Waals surface area contributed by atoms with Gasteiger partial charge >= 0.3 is 0 Å². The van der Waals surface area contributed by atoms with Crippen molar-refractivity contribution in [3.8, 4) is 11.3 Å². The van der Waals surface area contributed by atoms with Gasteiger partial charge in [0.15, 0.2) is 0 Å². The van der Waals surface area contributed by atoms with Crippen molar-refractivity contribution in [2.75, 3.05) is 25.0 Å². The Labute approximate surface area is 209 Å². The minimum Gasteiger partial charge on any atom is -0.376 e. The molecule has 3 heterocycles. The van der Waals surface area contributed by atoms with Crippen molar-refractivity contribution in [1.29, 1.82) is 0 Å². The van der Waals surface area contributed by atoms with Crippen molar-refractivity contribution in [1.82, 2.24) is 19.9 Å². The zero-order valence-corrected chi connectivity index (χ0v) is 20.7. The molecule has 34 heavy (non-hydrogen) atoms. The summed E-state index contributed by atoms with van der Waals surface area (Å²) in [6.45, 7) is 7.29. The normalized spacial score (nSPS) is 23.2. The van der Waals surface area contributed by atoms with E-state index >= 15 is 0 Å². The standard InChI is InChI=1S/C26H27Cl2N5O/c1-16-12-19(6-8-21(16)27)30-26-20-7-5-18(25-22(28)4-3-9-29-25)13-23(20)31-24(32-26)15-33-10-11-34-17(2)14-33/h3-9,12-13,16-17,21H,10-11,14-15H2,1-2H3,(H,30,31,32)/t16?,17-,21?/m1/s1. The van der Waals surface area contributed by atoms with E-state index in [1.165, 1.54) is 0 Å². The first-order valence-corrected chi connectivity index (χ1v) is 12.3. The van der Waals surface area contributed by atoms with Crippen LogP contribution in [0.5, 0.6) is 0 Å². The van der Waals surface area contributed by atoms with E-state index < -0.39 is 0 Å². The van der Waals surface area contributed by atoms with Gasteiger partial charge in [-0.25, -0.2) is 9.97 Å². The summed E-state index contributed by atoms with van der Waals surface area (Å²) in [7, 11) is 0. The summed E-state index contributed by atoms with van der Waals surface area (Å²) >= 11 is 12.8. The maximum Gasteiger partial charge on any atom is 0.145 e. The fourth-order valence-corrected chi connectivity index (χ4v) is 4.72. The molecule has 1 aromatic carbocycles. The van der Waals surface area contributed by atoms with Gasteiger partial charge in [-0.1, -0.05) is 36.7 Å². The Balaban J connectivity index is 1.55. The number of nitrogens with zero attached hydrogens (tertiary/aromatic N) is 4. The van der Waals surface area contributed by atoms with E-state index in [0.717, 1.165) is 59.2 Å². The fraction of sp³-hybridized carbons (Fsp3) is 0.346. The molecular formula is C26H27Cl2N5O. The maximum atomic E-state index is 6.42. The van der Waals surface area contributed by atoms with Crippen molar-refractivity contribution < 1.29 is 4.74 Å². The van der Waals surface area contributed by atoms with Gasteiger partial charge in [-0.3, -0.25) is 9.88 Å². The molecule has 1 saturated heterocycles. The lowest BCUT2D eigenvalue weighted by molar-refractivity contribution is -0.0219. The van der Waals surface area contributed by atoms with Crippen molar-refractivity contribution in [2.24, 2.45) is 5.92 Å². The van der Waals surface area contributed by atoms with E-state index in [1.54, 1.807) is 6.20 Å². The lowest BCUT2D eigenvalue weighted by Gasteiger charge is -2.30. The molecule has 0 saturated carbocycles. The van der Waals surface area contributed by atoms with Crippen molar-refractivity contribution in [2.45, 2.75) is 31.9 Å². The Morgan fingerprint density at radius 3 is 2.88 bits per heavy atom. The average Bonchev–Trinajstić information content (AvgIpc) is 2.81. The van der Waals surface area contributed by atoms with Gasteiger partial charge in [-0.2, -0.15) is 0 Å². The number of rotatable bonds is 5. The van der Waals surface area contributed by atoms with Crippen molar-refractivity contribution in [3.63, 3.8) is 0 Å². The molecule has 2 unspecified atom stereocenters. The lowest BCUT2D eigenvalue weighted by Crippen LogP contribution is -2.40. The molecule has 6 nitrogen and oxygen atoms in total. The number of morpholine rings is 1. The molecule has 0 amide bonds. The van der Waals surface area contributed by atoms with Crippen LogP contribution in [0.2, 0.25) is 5.02 Å². The van der Waals surface area contributed by atoms with Gasteiger partial charge in [0.2, 0.25) is 0 Å². The molecule has 1 N–H and O–H groups in total. The average molecular weight is 496 g/mol. The summed E-state index contributed by atoms with van der Waals surface area (Å²) in [6.07, 6.45) is 8.10. The van der Waals surface area contributed by atoms with Crippen LogP contribution in [0.3, 0.4) is 0 Å². The van der Waals surface area contributed by atoms with Gasteiger partial charge in [-0.05, 0) is 43.2 Å². The summed E-state index contributed by atoms with van der Waals surface area (Å²) < 4.78 is 5.69. The highest BCUT2D eigenvalue weighted by Crippen LogP contribution is 2.31. The third-order valence-electron chi connectivity index (χ3n) is 6.13. The molecule has 8 heteroatoms. The van der Waals surface area contributed by atoms with Crippen LogP contribution < -0.4 is 5.32 Å². The highest BCUT2D eigenvalue weighted by molar-refractivity contribution is 6.33. The topological polar surface area (TPSA) is 63.2 Å². The highest BCUT2D eigenvalue weighted by Gasteiger charge is 2.20. The largest absolute Gasteiger partial charge is 0.376 e. The molecule has 3 aromatic rings. The number of halogens is 2. The van der Waals surface area contributed by atoms with Crippen molar-refractivity contribution in [3.05, 3.63) is 71.3 Å². The quantitative estimate of drug-likeness (QED) is 0.459. The zero-order chi connectivity index (χ0) is 23.7. The molecule has 0 bridgehead atoms. The number of anilines is 1. The molecule has 2 aliphatic rings. The van der Waals surface area contributed by atoms with Gasteiger partial charge in [0, 0.05) is 35.9 Å². The maximum absolute atomic E-state index is 6.42. The van der Waals surface area contributed by atoms with Crippen LogP contribution in [0, 0.1) is 5.92 Å². The summed E-state index contributed by atoms with van der Waals surface area (Å²) in [5, 5.41) is 5.05. The smallest absolute Gasteiger partial charge is 0.145 e. The third-order valence-corrected chi connectivity index (χ3v) is 6.98. The summed E-state index contributed by atoms with van der Waals surface area (Å²) in [5.41, 5.74) is 3.48. The van der Waals surface area contributed by atoms with Crippen LogP contribution >= 0.6 is 23.2 Å². The number of nitrogens with one attached hydrogen (secondary N) is 1. The number of hydrogen-bond donors (Lipinski definition) is 1. The van der Waals surface area contributed by atoms with Crippen LogP contribution in [-0.2, 0) is 11.3 Å². The van der Waals surface area contributed by atoms with Crippen LogP contribution in [0.4, 0.5) is 5.82 Å². The van der Waals surface area contributed by atoms with Gasteiger partial charge in [0.05, 0.1) is 40.9 Å². The Hall–Kier alpha value is -2.51. The van der Waals surface area contributed by atoms with E-state index in [4.69, 9.17) is 37.9 Å². The minimum atomic E-state index is -0.00255. The van der Waals surface area contributed by atoms with E-state index in [-0.39, 0.29) is 17.4 Å². The number of hydrogen-bond acceptors (Lipinski definition) is 6. The molecule has 176 valence electrons. The van der Waals surface area contributed by atoms with Gasteiger partial charge in [0.25, 0.3) is 0 Å². The van der Waals surface area contributed by atoms with Crippen molar-refractivity contribution >= 4 is 39.9 Å². The first kappa shape index (κ1) is 23.2. The molecule has 1 fully saturated rings. The second kappa shape index (κ2) is 10.0.